The van der Waals surface area contributed by atoms with Crippen LogP contribution >= 0.6 is 0 Å². The fourth-order valence-corrected chi connectivity index (χ4v) is 8.45. The van der Waals surface area contributed by atoms with Crippen LogP contribution in [-0.4, -0.2) is 16.2 Å². The summed E-state index contributed by atoms with van der Waals surface area (Å²) in [5.41, 5.74) is 2.57. The third kappa shape index (κ3) is 2.85. The van der Waals surface area contributed by atoms with Crippen molar-refractivity contribution in [3.05, 3.63) is 35.7 Å². The van der Waals surface area contributed by atoms with Crippen molar-refractivity contribution in [3.63, 3.8) is 0 Å². The molecule has 1 aromatic heterocycles. The molecule has 4 heteroatoms. The summed E-state index contributed by atoms with van der Waals surface area (Å²) in [5.74, 6) is 3.06. The molecule has 0 saturated heterocycles. The first-order chi connectivity index (χ1) is 14.3. The van der Waals surface area contributed by atoms with E-state index in [9.17, 15) is 13.9 Å². The fourth-order valence-electron chi connectivity index (χ4n) is 8.45. The summed E-state index contributed by atoms with van der Waals surface area (Å²) in [6.45, 7) is 7.15. The van der Waals surface area contributed by atoms with Crippen molar-refractivity contribution >= 4 is 5.57 Å². The number of allylic oxidation sites excluding steroid dienone is 2. The Morgan fingerprint density at radius 1 is 1.03 bits per heavy atom. The third-order valence-corrected chi connectivity index (χ3v) is 10.1. The van der Waals surface area contributed by atoms with Crippen molar-refractivity contribution in [2.45, 2.75) is 78.2 Å². The van der Waals surface area contributed by atoms with E-state index in [-0.39, 0.29) is 17.1 Å². The van der Waals surface area contributed by atoms with Crippen LogP contribution in [0.15, 0.2) is 24.5 Å². The number of aromatic nitrogens is 1. The number of fused-ring (bicyclic) bond motifs is 5. The second-order valence-electron chi connectivity index (χ2n) is 11.1. The van der Waals surface area contributed by atoms with Gasteiger partial charge in [-0.2, -0.15) is 0 Å². The largest absolute Gasteiger partial charge is 0.393 e. The van der Waals surface area contributed by atoms with Crippen LogP contribution < -0.4 is 0 Å². The summed E-state index contributed by atoms with van der Waals surface area (Å²) < 4.78 is 26.5. The van der Waals surface area contributed by atoms with Crippen LogP contribution in [0.3, 0.4) is 0 Å². The zero-order chi connectivity index (χ0) is 21.3. The van der Waals surface area contributed by atoms with Crippen molar-refractivity contribution in [1.29, 1.82) is 0 Å². The van der Waals surface area contributed by atoms with Crippen molar-refractivity contribution in [3.8, 4) is 0 Å². The molecule has 4 aliphatic carbocycles. The van der Waals surface area contributed by atoms with Crippen LogP contribution in [0.1, 0.15) is 83.3 Å². The summed E-state index contributed by atoms with van der Waals surface area (Å²) in [5, 5.41) is 10.5. The Balaban J connectivity index is 1.43. The van der Waals surface area contributed by atoms with Crippen LogP contribution in [0.4, 0.5) is 8.78 Å². The lowest BCUT2D eigenvalue weighted by molar-refractivity contribution is -0.138. The maximum atomic E-state index is 13.3. The predicted octanol–water partition coefficient (Wildman–Crippen LogP) is 6.66. The van der Waals surface area contributed by atoms with E-state index >= 15 is 0 Å². The first kappa shape index (κ1) is 20.6. The van der Waals surface area contributed by atoms with E-state index in [1.54, 1.807) is 12.3 Å². The number of aliphatic hydroxyl groups excluding tert-OH is 1. The number of alkyl halides is 2. The number of pyridine rings is 1. The van der Waals surface area contributed by atoms with Gasteiger partial charge in [0.25, 0.3) is 6.43 Å². The van der Waals surface area contributed by atoms with Gasteiger partial charge in [0, 0.05) is 18.0 Å². The van der Waals surface area contributed by atoms with E-state index in [1.165, 1.54) is 31.0 Å². The number of halogens is 2. The monoisotopic (exact) mass is 415 g/mol. The van der Waals surface area contributed by atoms with Crippen LogP contribution in [0.25, 0.3) is 5.57 Å². The Labute approximate surface area is 179 Å². The molecule has 1 heterocycles. The standard InChI is InChI=1S/C26H35F2NO/c1-15-19-5-4-18-21-7-6-20(16-12-17(24(27)28)14-29-13-16)26(21,3)10-8-22(18)25(19,2)11-9-23(15)30/h6,12-15,18-19,21-24,30H,4-5,7-11H2,1-3H3/t15-,18+,19?,21+,22+,23-,25+,26-/m1/s1. The molecule has 0 aliphatic heterocycles. The normalized spacial score (nSPS) is 45.5. The first-order valence-corrected chi connectivity index (χ1v) is 11.9. The maximum Gasteiger partial charge on any atom is 0.265 e. The second-order valence-corrected chi connectivity index (χ2v) is 11.1. The third-order valence-electron chi connectivity index (χ3n) is 10.1. The average Bonchev–Trinajstić information content (AvgIpc) is 3.08. The fraction of sp³-hybridized carbons (Fsp3) is 0.731. The molecular formula is C26H35F2NO. The van der Waals surface area contributed by atoms with E-state index in [1.807, 2.05) is 0 Å². The van der Waals surface area contributed by atoms with Crippen LogP contribution in [0, 0.1) is 40.4 Å². The molecule has 0 spiro atoms. The van der Waals surface area contributed by atoms with Crippen LogP contribution in [0.2, 0.25) is 0 Å². The zero-order valence-electron chi connectivity index (χ0n) is 18.5. The molecule has 8 atom stereocenters. The van der Waals surface area contributed by atoms with Gasteiger partial charge in [-0.1, -0.05) is 26.8 Å². The van der Waals surface area contributed by atoms with Gasteiger partial charge in [0.1, 0.15) is 0 Å². The highest BCUT2D eigenvalue weighted by molar-refractivity contribution is 5.72. The van der Waals surface area contributed by atoms with Gasteiger partial charge in [-0.05, 0) is 103 Å². The van der Waals surface area contributed by atoms with Gasteiger partial charge in [-0.15, -0.1) is 0 Å². The molecule has 30 heavy (non-hydrogen) atoms. The highest BCUT2D eigenvalue weighted by Crippen LogP contribution is 2.68. The van der Waals surface area contributed by atoms with Gasteiger partial charge in [-0.3, -0.25) is 4.98 Å². The Bertz CT molecular complexity index is 853. The Hall–Kier alpha value is -1.29. The van der Waals surface area contributed by atoms with E-state index < -0.39 is 6.43 Å². The quantitative estimate of drug-likeness (QED) is 0.586. The van der Waals surface area contributed by atoms with Crippen molar-refractivity contribution in [1.82, 2.24) is 4.98 Å². The van der Waals surface area contributed by atoms with Crippen molar-refractivity contribution in [2.75, 3.05) is 0 Å². The van der Waals surface area contributed by atoms with Gasteiger partial charge in [-0.25, -0.2) is 8.78 Å². The van der Waals surface area contributed by atoms with Gasteiger partial charge < -0.3 is 5.11 Å². The molecule has 1 aromatic rings. The lowest BCUT2D eigenvalue weighted by Gasteiger charge is -2.62. The summed E-state index contributed by atoms with van der Waals surface area (Å²) >= 11 is 0. The minimum absolute atomic E-state index is 0.0249. The van der Waals surface area contributed by atoms with Gasteiger partial charge >= 0.3 is 0 Å². The molecule has 3 fully saturated rings. The minimum atomic E-state index is -2.47. The Morgan fingerprint density at radius 3 is 2.60 bits per heavy atom. The lowest BCUT2D eigenvalue weighted by Crippen LogP contribution is -2.55. The highest BCUT2D eigenvalue weighted by atomic mass is 19.3. The highest BCUT2D eigenvalue weighted by Gasteiger charge is 2.59. The summed E-state index contributed by atoms with van der Waals surface area (Å²) in [6.07, 6.45) is 10.8. The molecule has 2 nitrogen and oxygen atoms in total. The van der Waals surface area contributed by atoms with E-state index in [0.717, 1.165) is 37.2 Å². The average molecular weight is 416 g/mol. The molecule has 1 unspecified atom stereocenters. The smallest absolute Gasteiger partial charge is 0.265 e. The predicted molar refractivity (Wildman–Crippen MR) is 115 cm³/mol. The van der Waals surface area contributed by atoms with Crippen molar-refractivity contribution in [2.24, 2.45) is 40.4 Å². The van der Waals surface area contributed by atoms with Gasteiger partial charge in [0.15, 0.2) is 0 Å². The summed E-state index contributed by atoms with van der Waals surface area (Å²) in [4.78, 5) is 4.14. The number of hydrogen-bond donors (Lipinski definition) is 1. The molecule has 3 saturated carbocycles. The topological polar surface area (TPSA) is 33.1 Å². The van der Waals surface area contributed by atoms with E-state index in [0.29, 0.717) is 29.1 Å². The van der Waals surface area contributed by atoms with Crippen LogP contribution in [-0.2, 0) is 0 Å². The lowest BCUT2D eigenvalue weighted by atomic mass is 9.43. The van der Waals surface area contributed by atoms with Gasteiger partial charge in [0.05, 0.1) is 6.10 Å². The zero-order valence-corrected chi connectivity index (χ0v) is 18.5. The number of aliphatic hydroxyl groups is 1. The molecule has 0 bridgehead atoms. The molecular weight excluding hydrogens is 380 g/mol. The molecule has 0 radical (unpaired) electrons. The number of rotatable bonds is 2. The van der Waals surface area contributed by atoms with E-state index in [4.69, 9.17) is 0 Å². The van der Waals surface area contributed by atoms with Gasteiger partial charge in [0.2, 0.25) is 0 Å². The Morgan fingerprint density at radius 2 is 1.83 bits per heavy atom. The molecule has 5 rings (SSSR count). The second kappa shape index (κ2) is 7.12. The SMILES string of the molecule is C[C@@H]1C2CC[C@@H]3[C@H](CC[C@]4(C)C(c5cncc(C(F)F)c5)=CC[C@@H]34)[C@@]2(C)CC[C@H]1O. The van der Waals surface area contributed by atoms with E-state index in [2.05, 4.69) is 31.8 Å². The van der Waals surface area contributed by atoms with Crippen LogP contribution in [0.5, 0.6) is 0 Å². The molecule has 1 N–H and O–H groups in total. The summed E-state index contributed by atoms with van der Waals surface area (Å²) in [7, 11) is 0. The molecule has 0 amide bonds. The molecule has 0 aromatic carbocycles. The first-order valence-electron chi connectivity index (χ1n) is 11.9. The number of nitrogens with zero attached hydrogens (tertiary/aromatic N) is 1. The minimum Gasteiger partial charge on any atom is -0.393 e. The Kier molecular flexibility index (Phi) is 4.89. The molecule has 4 aliphatic rings. The number of hydrogen-bond acceptors (Lipinski definition) is 2. The maximum absolute atomic E-state index is 13.3. The van der Waals surface area contributed by atoms with Crippen molar-refractivity contribution < 1.29 is 13.9 Å². The molecule has 164 valence electrons. The summed E-state index contributed by atoms with van der Waals surface area (Å²) in [6, 6.07) is 1.66.